The molecule has 22 heavy (non-hydrogen) atoms. The quantitative estimate of drug-likeness (QED) is 0.891. The molecule has 1 saturated carbocycles. The molecule has 0 spiro atoms. The molecule has 0 aliphatic heterocycles. The molecule has 0 atom stereocenters. The summed E-state index contributed by atoms with van der Waals surface area (Å²) in [5, 5.41) is 0. The van der Waals surface area contributed by atoms with Gasteiger partial charge in [-0.15, -0.1) is 0 Å². The fourth-order valence-electron chi connectivity index (χ4n) is 3.46. The first-order chi connectivity index (χ1) is 10.6. The molecule has 0 amide bonds. The minimum atomic E-state index is -0.287. The molecule has 0 bridgehead atoms. The van der Waals surface area contributed by atoms with Gasteiger partial charge in [-0.25, -0.2) is 9.78 Å². The molecule has 2 N–H and O–H groups in total. The van der Waals surface area contributed by atoms with Crippen LogP contribution in [0.5, 0.6) is 0 Å². The van der Waals surface area contributed by atoms with E-state index < -0.39 is 0 Å². The highest BCUT2D eigenvalue weighted by Gasteiger charge is 2.24. The van der Waals surface area contributed by atoms with Crippen LogP contribution in [0.4, 0.5) is 0 Å². The first-order valence-corrected chi connectivity index (χ1v) is 7.93. The highest BCUT2D eigenvalue weighted by Crippen LogP contribution is 2.28. The lowest BCUT2D eigenvalue weighted by Gasteiger charge is -2.24. The number of hydrogen-bond donors (Lipinski definition) is 1. The molecule has 0 saturated heterocycles. The third-order valence-electron chi connectivity index (χ3n) is 4.71. The van der Waals surface area contributed by atoms with Crippen molar-refractivity contribution in [2.24, 2.45) is 19.8 Å². The number of rotatable bonds is 3. The Morgan fingerprint density at radius 2 is 1.82 bits per heavy atom. The van der Waals surface area contributed by atoms with Crippen molar-refractivity contribution in [3.63, 3.8) is 0 Å². The van der Waals surface area contributed by atoms with Crippen LogP contribution in [0.1, 0.15) is 44.0 Å². The number of aryl methyl sites for hydroxylation is 1. The van der Waals surface area contributed by atoms with Gasteiger partial charge in [0.2, 0.25) is 0 Å². The molecule has 1 aliphatic carbocycles. The zero-order valence-electron chi connectivity index (χ0n) is 13.2. The van der Waals surface area contributed by atoms with Crippen molar-refractivity contribution in [3.8, 4) is 0 Å². The van der Waals surface area contributed by atoms with Gasteiger partial charge in [0.25, 0.3) is 5.56 Å². The summed E-state index contributed by atoms with van der Waals surface area (Å²) in [6.45, 7) is 0.463. The molecule has 1 aliphatic rings. The Morgan fingerprint density at radius 3 is 2.45 bits per heavy atom. The van der Waals surface area contributed by atoms with E-state index in [4.69, 9.17) is 5.73 Å². The summed E-state index contributed by atoms with van der Waals surface area (Å²) in [5.74, 6) is 0.754. The van der Waals surface area contributed by atoms with Crippen molar-refractivity contribution in [1.29, 1.82) is 0 Å². The van der Waals surface area contributed by atoms with E-state index in [0.717, 1.165) is 31.5 Å². The number of hydrogen-bond acceptors (Lipinski definition) is 4. The molecule has 120 valence electrons. The first kappa shape index (κ1) is 15.0. The van der Waals surface area contributed by atoms with Crippen LogP contribution < -0.4 is 17.0 Å². The van der Waals surface area contributed by atoms with Crippen LogP contribution in [0.3, 0.4) is 0 Å². The minimum absolute atomic E-state index is 0.135. The summed E-state index contributed by atoms with van der Waals surface area (Å²) in [7, 11) is 3.36. The van der Waals surface area contributed by atoms with E-state index in [9.17, 15) is 9.59 Å². The van der Waals surface area contributed by atoms with Crippen LogP contribution in [0.25, 0.3) is 11.2 Å². The number of fused-ring (bicyclic) bond motifs is 1. The van der Waals surface area contributed by atoms with Gasteiger partial charge in [0, 0.05) is 26.6 Å². The summed E-state index contributed by atoms with van der Waals surface area (Å²) >= 11 is 0. The second kappa shape index (κ2) is 5.72. The lowest BCUT2D eigenvalue weighted by Crippen LogP contribution is -2.40. The van der Waals surface area contributed by atoms with E-state index >= 15 is 0 Å². The fourth-order valence-corrected chi connectivity index (χ4v) is 3.46. The average Bonchev–Trinajstić information content (AvgIpc) is 2.84. The third kappa shape index (κ3) is 2.20. The fraction of sp³-hybridized carbons (Fsp3) is 0.667. The van der Waals surface area contributed by atoms with Gasteiger partial charge < -0.3 is 10.3 Å². The van der Waals surface area contributed by atoms with Gasteiger partial charge in [-0.2, -0.15) is 0 Å². The zero-order chi connectivity index (χ0) is 15.9. The van der Waals surface area contributed by atoms with E-state index in [0.29, 0.717) is 24.1 Å². The number of nitrogens with two attached hydrogens (primary N) is 1. The maximum Gasteiger partial charge on any atom is 0.332 e. The summed E-state index contributed by atoms with van der Waals surface area (Å²) < 4.78 is 4.71. The number of nitrogens with zero attached hydrogens (tertiary/aromatic N) is 4. The summed E-state index contributed by atoms with van der Waals surface area (Å²) in [5.41, 5.74) is 6.09. The van der Waals surface area contributed by atoms with Crippen LogP contribution in [0.2, 0.25) is 0 Å². The van der Waals surface area contributed by atoms with Gasteiger partial charge in [0.1, 0.15) is 5.82 Å². The number of imidazole rings is 1. The monoisotopic (exact) mass is 305 g/mol. The maximum absolute atomic E-state index is 12.6. The molecule has 3 rings (SSSR count). The van der Waals surface area contributed by atoms with E-state index in [1.165, 1.54) is 11.0 Å². The third-order valence-corrected chi connectivity index (χ3v) is 4.71. The van der Waals surface area contributed by atoms with Crippen molar-refractivity contribution in [1.82, 2.24) is 18.7 Å². The summed E-state index contributed by atoms with van der Waals surface area (Å²) in [4.78, 5) is 29.7. The predicted molar refractivity (Wildman–Crippen MR) is 85.1 cm³/mol. The lowest BCUT2D eigenvalue weighted by atomic mass is 9.95. The molecule has 2 heterocycles. The van der Waals surface area contributed by atoms with Gasteiger partial charge in [-0.3, -0.25) is 13.9 Å². The summed E-state index contributed by atoms with van der Waals surface area (Å²) in [6, 6.07) is 0.135. The molecule has 2 aromatic rings. The molecule has 0 aromatic carbocycles. The largest absolute Gasteiger partial charge is 0.332 e. The first-order valence-electron chi connectivity index (χ1n) is 7.93. The Morgan fingerprint density at radius 1 is 1.14 bits per heavy atom. The van der Waals surface area contributed by atoms with Crippen LogP contribution in [-0.4, -0.2) is 25.2 Å². The smallest absolute Gasteiger partial charge is 0.330 e. The molecule has 1 fully saturated rings. The molecular formula is C15H23N5O2. The average molecular weight is 305 g/mol. The Hall–Kier alpha value is -1.89. The minimum Gasteiger partial charge on any atom is -0.330 e. The van der Waals surface area contributed by atoms with Crippen LogP contribution in [0.15, 0.2) is 9.59 Å². The summed E-state index contributed by atoms with van der Waals surface area (Å²) in [6.07, 6.45) is 5.97. The van der Waals surface area contributed by atoms with Crippen molar-refractivity contribution < 1.29 is 0 Å². The Bertz CT molecular complexity index is 808. The molecule has 0 radical (unpaired) electrons. The molecular weight excluding hydrogens is 282 g/mol. The predicted octanol–water partition coefficient (Wildman–Crippen LogP) is 0.440. The lowest BCUT2D eigenvalue weighted by molar-refractivity contribution is 0.344. The van der Waals surface area contributed by atoms with Gasteiger partial charge in [-0.1, -0.05) is 19.3 Å². The second-order valence-corrected chi connectivity index (χ2v) is 6.11. The Kier molecular flexibility index (Phi) is 3.90. The van der Waals surface area contributed by atoms with E-state index in [-0.39, 0.29) is 17.3 Å². The second-order valence-electron chi connectivity index (χ2n) is 6.11. The molecule has 0 unspecified atom stereocenters. The van der Waals surface area contributed by atoms with Gasteiger partial charge >= 0.3 is 5.69 Å². The van der Waals surface area contributed by atoms with Gasteiger partial charge in [-0.05, 0) is 19.4 Å². The zero-order valence-corrected chi connectivity index (χ0v) is 13.2. The molecule has 7 heteroatoms. The van der Waals surface area contributed by atoms with Gasteiger partial charge in [0.05, 0.1) is 0 Å². The van der Waals surface area contributed by atoms with Crippen molar-refractivity contribution in [3.05, 3.63) is 26.7 Å². The van der Waals surface area contributed by atoms with E-state index in [2.05, 4.69) is 4.98 Å². The topological polar surface area (TPSA) is 87.8 Å². The highest BCUT2D eigenvalue weighted by molar-refractivity contribution is 5.71. The standard InChI is InChI=1S/C15H23N5O2/c1-18-11(8-9-16)17-13-12(18)14(21)19(2)15(22)20(13)10-6-4-3-5-7-10/h10H,3-9,16H2,1-2H3. The SMILES string of the molecule is Cn1c(=O)c2c(nc(CCN)n2C)n(C2CCCCC2)c1=O. The van der Waals surface area contributed by atoms with Gasteiger partial charge in [0.15, 0.2) is 11.2 Å². The Labute approximate surface area is 128 Å². The highest BCUT2D eigenvalue weighted by atomic mass is 16.2. The van der Waals surface area contributed by atoms with E-state index in [1.54, 1.807) is 16.2 Å². The van der Waals surface area contributed by atoms with Crippen LogP contribution in [-0.2, 0) is 20.5 Å². The normalized spacial score (nSPS) is 16.5. The molecule has 7 nitrogen and oxygen atoms in total. The van der Waals surface area contributed by atoms with Crippen LogP contribution >= 0.6 is 0 Å². The van der Waals surface area contributed by atoms with Crippen LogP contribution in [0, 0.1) is 0 Å². The van der Waals surface area contributed by atoms with Crippen molar-refractivity contribution >= 4 is 11.2 Å². The number of aromatic nitrogens is 4. The Balaban J connectivity index is 2.32. The maximum atomic E-state index is 12.6. The van der Waals surface area contributed by atoms with Crippen molar-refractivity contribution in [2.45, 2.75) is 44.6 Å². The van der Waals surface area contributed by atoms with E-state index in [1.807, 2.05) is 7.05 Å². The molecule has 2 aromatic heterocycles. The van der Waals surface area contributed by atoms with Crippen molar-refractivity contribution in [2.75, 3.05) is 6.54 Å².